The van der Waals surface area contributed by atoms with Crippen molar-refractivity contribution in [1.82, 2.24) is 0 Å². The van der Waals surface area contributed by atoms with Crippen LogP contribution in [0.5, 0.6) is 0 Å². The molecular weight excluding hydrogens is 467 g/mol. The van der Waals surface area contributed by atoms with Crippen molar-refractivity contribution >= 4 is 37.4 Å². The number of aldehydes is 1. The fraction of sp³-hybridized carbons (Fsp3) is 0.864. The number of allylic oxidation sites excluding steroid dienone is 1. The predicted octanol–water partition coefficient (Wildman–Crippen LogP) is 7.04. The highest BCUT2D eigenvalue weighted by Crippen LogP contribution is 2.57. The van der Waals surface area contributed by atoms with Gasteiger partial charge in [0.25, 0.3) is 0 Å². The Balaban J connectivity index is 3.52. The molecular formula is C22H41IO3Si. The molecule has 158 valence electrons. The lowest BCUT2D eigenvalue weighted by atomic mass is 9.80. The number of carbonyl (C=O) groups excluding carboxylic acids is 1. The Hall–Kier alpha value is 0.277. The molecule has 0 aliphatic carbocycles. The maximum atomic E-state index is 11.8. The van der Waals surface area contributed by atoms with Gasteiger partial charge in [-0.2, -0.15) is 0 Å². The molecule has 1 heterocycles. The Morgan fingerprint density at radius 1 is 1.07 bits per heavy atom. The van der Waals surface area contributed by atoms with Crippen LogP contribution in [0.1, 0.15) is 82.1 Å². The summed E-state index contributed by atoms with van der Waals surface area (Å²) < 4.78 is 16.2. The zero-order valence-corrected chi connectivity index (χ0v) is 22.2. The second kappa shape index (κ2) is 9.39. The Morgan fingerprint density at radius 3 is 1.93 bits per heavy atom. The monoisotopic (exact) mass is 508 g/mol. The number of carbonyl (C=O) groups is 1. The van der Waals surface area contributed by atoms with E-state index in [2.05, 4.69) is 89.0 Å². The summed E-state index contributed by atoms with van der Waals surface area (Å²) in [7, 11) is -2.65. The molecule has 1 aliphatic heterocycles. The van der Waals surface area contributed by atoms with Gasteiger partial charge in [-0.1, -0.05) is 90.5 Å². The van der Waals surface area contributed by atoms with Crippen LogP contribution in [0, 0.1) is 17.8 Å². The van der Waals surface area contributed by atoms with E-state index in [0.29, 0.717) is 5.92 Å². The molecule has 1 saturated heterocycles. The fourth-order valence-corrected chi connectivity index (χ4v) is 10.4. The van der Waals surface area contributed by atoms with Crippen LogP contribution >= 0.6 is 22.6 Å². The molecule has 0 aromatic heterocycles. The van der Waals surface area contributed by atoms with Crippen molar-refractivity contribution in [3.8, 4) is 0 Å². The van der Waals surface area contributed by atoms with E-state index in [-0.39, 0.29) is 34.1 Å². The molecule has 0 amide bonds. The number of hydrogen-bond acceptors (Lipinski definition) is 3. The Kier molecular flexibility index (Phi) is 8.81. The summed E-state index contributed by atoms with van der Waals surface area (Å²) in [6.45, 7) is 22.2. The lowest BCUT2D eigenvalue weighted by Crippen LogP contribution is -2.67. The molecule has 0 aromatic rings. The van der Waals surface area contributed by atoms with Crippen molar-refractivity contribution in [2.45, 2.75) is 104 Å². The summed E-state index contributed by atoms with van der Waals surface area (Å²) in [6, 6.07) is 0. The molecule has 1 fully saturated rings. The van der Waals surface area contributed by atoms with Gasteiger partial charge in [-0.25, -0.2) is 0 Å². The minimum Gasteiger partial charge on any atom is -0.390 e. The first-order valence-electron chi connectivity index (χ1n) is 10.3. The number of halogens is 1. The molecule has 0 bridgehead atoms. The summed E-state index contributed by atoms with van der Waals surface area (Å²) in [5.41, 5.74) is 1.38. The quantitative estimate of drug-likeness (QED) is 0.219. The molecule has 1 rings (SSSR count). The Bertz CT molecular complexity index is 519. The predicted molar refractivity (Wildman–Crippen MR) is 125 cm³/mol. The second-order valence-electron chi connectivity index (χ2n) is 10.5. The van der Waals surface area contributed by atoms with E-state index in [1.165, 1.54) is 5.57 Å². The molecule has 3 nitrogen and oxygen atoms in total. The summed E-state index contributed by atoms with van der Waals surface area (Å²) >= 11 is 2.32. The molecule has 0 aromatic carbocycles. The average Bonchev–Trinajstić information content (AvgIpc) is 2.57. The Labute approximate surface area is 182 Å². The third kappa shape index (κ3) is 5.26. The van der Waals surface area contributed by atoms with Gasteiger partial charge in [-0.05, 0) is 29.8 Å². The normalized spacial score (nSPS) is 29.3. The van der Waals surface area contributed by atoms with Crippen LogP contribution in [-0.4, -0.2) is 27.1 Å². The molecule has 5 heteroatoms. The molecule has 27 heavy (non-hydrogen) atoms. The van der Waals surface area contributed by atoms with Crippen LogP contribution in [0.3, 0.4) is 0 Å². The summed E-state index contributed by atoms with van der Waals surface area (Å²) in [5, 5.41) is -0.173. The lowest BCUT2D eigenvalue weighted by molar-refractivity contribution is -0.128. The second-order valence-corrected chi connectivity index (χ2v) is 15.8. The van der Waals surface area contributed by atoms with Gasteiger partial charge in [0, 0.05) is 21.9 Å². The highest BCUT2D eigenvalue weighted by atomic mass is 127. The van der Waals surface area contributed by atoms with E-state index < -0.39 is 8.56 Å². The molecule has 0 N–H and O–H groups in total. The van der Waals surface area contributed by atoms with E-state index in [9.17, 15) is 4.79 Å². The van der Waals surface area contributed by atoms with Crippen LogP contribution < -0.4 is 0 Å². The van der Waals surface area contributed by atoms with Crippen molar-refractivity contribution < 1.29 is 13.6 Å². The highest BCUT2D eigenvalue weighted by Gasteiger charge is 2.64. The maximum Gasteiger partial charge on any atom is 0.349 e. The minimum atomic E-state index is -2.65. The van der Waals surface area contributed by atoms with Gasteiger partial charge in [0.05, 0.1) is 12.2 Å². The Morgan fingerprint density at radius 2 is 1.56 bits per heavy atom. The van der Waals surface area contributed by atoms with Gasteiger partial charge < -0.3 is 13.6 Å². The average molecular weight is 509 g/mol. The van der Waals surface area contributed by atoms with E-state index in [0.717, 1.165) is 19.1 Å². The topological polar surface area (TPSA) is 35.5 Å². The van der Waals surface area contributed by atoms with E-state index >= 15 is 0 Å². The standard InChI is InChI=1S/C22H41IO3Si/c1-11-18-19(16(3)12-15(2)13-23)25-27(21(5,6)7,22(8,9)10)26-20(18)17(4)14-24/h13-14,16-20H,11-12H2,1-10H3/b15-13+/t16-,17-,18+,19+,20-/m1/s1. The highest BCUT2D eigenvalue weighted by molar-refractivity contribution is 14.1. The third-order valence-electron chi connectivity index (χ3n) is 6.02. The maximum absolute atomic E-state index is 11.8. The molecule has 0 radical (unpaired) electrons. The first-order chi connectivity index (χ1) is 12.3. The SMILES string of the molecule is CC[C@H]1[C@H]([C@H](C)C/C(C)=C/I)O[Si](C(C)(C)C)(C(C)(C)C)O[C@@H]1[C@H](C)C=O. The zero-order valence-electron chi connectivity index (χ0n) is 19.1. The van der Waals surface area contributed by atoms with E-state index in [1.807, 2.05) is 6.92 Å². The van der Waals surface area contributed by atoms with E-state index in [4.69, 9.17) is 8.85 Å². The van der Waals surface area contributed by atoms with Crippen molar-refractivity contribution in [3.63, 3.8) is 0 Å². The summed E-state index contributed by atoms with van der Waals surface area (Å²) in [6.07, 6.45) is 3.10. The van der Waals surface area contributed by atoms with Crippen molar-refractivity contribution in [2.24, 2.45) is 17.8 Å². The molecule has 1 aliphatic rings. The fourth-order valence-electron chi connectivity index (χ4n) is 4.85. The molecule has 5 atom stereocenters. The summed E-state index contributed by atoms with van der Waals surface area (Å²) in [5.74, 6) is 0.515. The number of rotatable bonds is 6. The van der Waals surface area contributed by atoms with Crippen LogP contribution in [0.25, 0.3) is 0 Å². The molecule has 0 spiro atoms. The van der Waals surface area contributed by atoms with Crippen LogP contribution in [-0.2, 0) is 13.6 Å². The largest absolute Gasteiger partial charge is 0.390 e. The summed E-state index contributed by atoms with van der Waals surface area (Å²) in [4.78, 5) is 11.8. The van der Waals surface area contributed by atoms with Crippen LogP contribution in [0.15, 0.2) is 9.66 Å². The third-order valence-corrected chi connectivity index (χ3v) is 12.2. The van der Waals surface area contributed by atoms with Gasteiger partial charge in [-0.3, -0.25) is 0 Å². The first-order valence-corrected chi connectivity index (χ1v) is 13.4. The lowest BCUT2D eigenvalue weighted by Gasteiger charge is -2.59. The van der Waals surface area contributed by atoms with E-state index in [1.54, 1.807) is 0 Å². The van der Waals surface area contributed by atoms with Gasteiger partial charge in [0.1, 0.15) is 6.29 Å². The van der Waals surface area contributed by atoms with Crippen LogP contribution in [0.4, 0.5) is 0 Å². The van der Waals surface area contributed by atoms with Crippen molar-refractivity contribution in [2.75, 3.05) is 0 Å². The van der Waals surface area contributed by atoms with Gasteiger partial charge >= 0.3 is 8.56 Å². The minimum absolute atomic E-state index is 0.0669. The first kappa shape index (κ1) is 25.3. The van der Waals surface area contributed by atoms with Crippen LogP contribution in [0.2, 0.25) is 10.1 Å². The van der Waals surface area contributed by atoms with Gasteiger partial charge in [0.2, 0.25) is 0 Å². The van der Waals surface area contributed by atoms with Crippen molar-refractivity contribution in [3.05, 3.63) is 9.66 Å². The smallest absolute Gasteiger partial charge is 0.349 e. The van der Waals surface area contributed by atoms with Gasteiger partial charge in [0.15, 0.2) is 0 Å². The van der Waals surface area contributed by atoms with Crippen molar-refractivity contribution in [1.29, 1.82) is 0 Å². The zero-order chi connectivity index (χ0) is 21.2. The molecule has 0 saturated carbocycles. The molecule has 0 unspecified atom stereocenters. The van der Waals surface area contributed by atoms with Gasteiger partial charge in [-0.15, -0.1) is 0 Å². The number of hydrogen-bond donors (Lipinski definition) is 0.